The van der Waals surface area contributed by atoms with E-state index in [-0.39, 0.29) is 43.8 Å². The number of unbranched alkanes of at least 4 members (excludes halogenated alkanes) is 2. The predicted molar refractivity (Wildman–Crippen MR) is 115 cm³/mol. The Morgan fingerprint density at radius 2 is 0.906 bits per heavy atom. The van der Waals surface area contributed by atoms with Crippen molar-refractivity contribution < 1.29 is 25.4 Å². The fourth-order valence-electron chi connectivity index (χ4n) is 3.01. The summed E-state index contributed by atoms with van der Waals surface area (Å²) in [6, 6.07) is 1.82. The lowest BCUT2D eigenvalue weighted by atomic mass is 10.1. The Bertz CT molecular complexity index is 1410. The zero-order valence-electron chi connectivity index (χ0n) is 17.2. The van der Waals surface area contributed by atoms with E-state index < -0.39 is 54.0 Å². The summed E-state index contributed by atoms with van der Waals surface area (Å²) in [5, 5.41) is -1.46. The van der Waals surface area contributed by atoms with E-state index in [0.717, 1.165) is 12.1 Å². The summed E-state index contributed by atoms with van der Waals surface area (Å²) in [4.78, 5) is 50.2. The second-order valence-electron chi connectivity index (χ2n) is 7.13. The van der Waals surface area contributed by atoms with E-state index >= 15 is 0 Å². The first-order valence-electron chi connectivity index (χ1n) is 9.72. The van der Waals surface area contributed by atoms with Crippen LogP contribution >= 0.6 is 0 Å². The second kappa shape index (κ2) is 8.50. The molecule has 0 unspecified atom stereocenters. The summed E-state index contributed by atoms with van der Waals surface area (Å²) >= 11 is 0. The van der Waals surface area contributed by atoms with Gasteiger partial charge in [-0.05, 0) is 25.0 Å². The molecule has 0 aliphatic rings. The minimum absolute atomic E-state index is 0.0588. The number of hydrogen-bond acceptors (Lipinski definition) is 10. The van der Waals surface area contributed by atoms with Crippen molar-refractivity contribution in [2.75, 3.05) is 11.5 Å². The fourth-order valence-corrected chi connectivity index (χ4v) is 5.17. The quantitative estimate of drug-likeness (QED) is 0.347. The molecule has 0 saturated heterocycles. The molecule has 3 aromatic rings. The van der Waals surface area contributed by atoms with Crippen molar-refractivity contribution in [3.63, 3.8) is 0 Å². The lowest BCUT2D eigenvalue weighted by molar-refractivity contribution is 0.263. The topological polar surface area (TPSA) is 165 Å². The van der Waals surface area contributed by atoms with Gasteiger partial charge in [-0.3, -0.25) is 27.7 Å². The lowest BCUT2D eigenvalue weighted by Gasteiger charge is -2.03. The third-order valence-electron chi connectivity index (χ3n) is 4.69. The van der Waals surface area contributed by atoms with Crippen molar-refractivity contribution in [3.05, 3.63) is 53.5 Å². The smallest absolute Gasteiger partial charge is 0.280 e. The van der Waals surface area contributed by atoms with E-state index in [1.165, 1.54) is 0 Å². The second-order valence-corrected chi connectivity index (χ2v) is 10.5. The van der Waals surface area contributed by atoms with E-state index in [1.54, 1.807) is 13.8 Å². The van der Waals surface area contributed by atoms with Crippen LogP contribution in [0.25, 0.3) is 21.5 Å². The molecule has 32 heavy (non-hydrogen) atoms. The zero-order chi connectivity index (χ0) is 23.8. The molecule has 0 amide bonds. The monoisotopic (exact) mass is 488 g/mol. The van der Waals surface area contributed by atoms with Gasteiger partial charge in [0.25, 0.3) is 22.2 Å². The summed E-state index contributed by atoms with van der Waals surface area (Å²) in [5.41, 5.74) is -4.54. The predicted octanol–water partition coefficient (Wildman–Crippen LogP) is -0.971. The van der Waals surface area contributed by atoms with Crippen LogP contribution in [0.5, 0.6) is 0 Å². The molecule has 0 fully saturated rings. The van der Waals surface area contributed by atoms with Gasteiger partial charge >= 0.3 is 20.2 Å². The number of aromatic nitrogens is 2. The summed E-state index contributed by atoms with van der Waals surface area (Å²) in [5.74, 6) is -0.827. The highest BCUT2D eigenvalue weighted by atomic mass is 32.2. The third-order valence-corrected chi connectivity index (χ3v) is 7.02. The molecule has 3 rings (SSSR count). The Morgan fingerprint density at radius 3 is 1.16 bits per heavy atom. The Labute approximate surface area is 181 Å². The van der Waals surface area contributed by atoms with Crippen LogP contribution in [0.3, 0.4) is 0 Å². The van der Waals surface area contributed by atoms with Gasteiger partial charge in [0, 0.05) is 0 Å². The first kappa shape index (κ1) is 23.7. The van der Waals surface area contributed by atoms with Gasteiger partial charge in [-0.1, -0.05) is 36.1 Å². The van der Waals surface area contributed by atoms with Gasteiger partial charge in [0.2, 0.25) is 0 Å². The molecule has 0 spiro atoms. The molecule has 2 heterocycles. The average molecular weight is 488 g/mol. The van der Waals surface area contributed by atoms with Crippen molar-refractivity contribution >= 4 is 41.8 Å². The first-order chi connectivity index (χ1) is 14.9. The minimum Gasteiger partial charge on any atom is -0.280 e. The van der Waals surface area contributed by atoms with Crippen LogP contribution in [0.1, 0.15) is 39.5 Å². The highest BCUT2D eigenvalue weighted by Crippen LogP contribution is 2.14. The van der Waals surface area contributed by atoms with Crippen LogP contribution in [0.4, 0.5) is 0 Å². The maximum atomic E-state index is 12.6. The van der Waals surface area contributed by atoms with Gasteiger partial charge in [-0.25, -0.2) is 0 Å². The highest BCUT2D eigenvalue weighted by Gasteiger charge is 2.25. The summed E-state index contributed by atoms with van der Waals surface area (Å²) in [7, 11) is -8.45. The molecule has 2 aromatic heterocycles. The van der Waals surface area contributed by atoms with E-state index in [0.29, 0.717) is 12.8 Å². The van der Waals surface area contributed by atoms with E-state index in [2.05, 4.69) is 8.57 Å². The molecule has 12 nitrogen and oxygen atoms in total. The van der Waals surface area contributed by atoms with Crippen LogP contribution in [0.15, 0.2) is 31.3 Å². The van der Waals surface area contributed by atoms with E-state index in [1.807, 2.05) is 0 Å². The first-order valence-corrected chi connectivity index (χ1v) is 12.9. The van der Waals surface area contributed by atoms with Gasteiger partial charge in [0.15, 0.2) is 0 Å². The molecule has 14 heteroatoms. The van der Waals surface area contributed by atoms with Crippen molar-refractivity contribution in [1.29, 1.82) is 0 Å². The summed E-state index contributed by atoms with van der Waals surface area (Å²) in [6.07, 6.45) is 1.57. The maximum absolute atomic E-state index is 12.6. The standard InChI is InChI=1S/C18H20N2O10S2/c1-3-5-7-31(25,26)29-19-15(21)11-9-13-14(10-12(11)16(19)22)18(24)20(17(13)23)30-32(27,28)8-6-4-2/h9-10H,3-8H2,1-2H3. The molecule has 0 aliphatic carbocycles. The molecule has 174 valence electrons. The van der Waals surface area contributed by atoms with Crippen molar-refractivity contribution in [1.82, 2.24) is 9.46 Å². The van der Waals surface area contributed by atoms with Crippen LogP contribution in [-0.2, 0) is 20.2 Å². The number of fused-ring (bicyclic) bond motifs is 2. The molecule has 0 bridgehead atoms. The molecular weight excluding hydrogens is 468 g/mol. The van der Waals surface area contributed by atoms with Crippen LogP contribution in [0, 0.1) is 0 Å². The summed E-state index contributed by atoms with van der Waals surface area (Å²) < 4.78 is 57.3. The van der Waals surface area contributed by atoms with Gasteiger partial charge < -0.3 is 0 Å². The molecule has 0 N–H and O–H groups in total. The van der Waals surface area contributed by atoms with Crippen LogP contribution in [-0.4, -0.2) is 37.8 Å². The number of hydrogen-bond donors (Lipinski definition) is 0. The van der Waals surface area contributed by atoms with Gasteiger partial charge in [-0.15, -0.1) is 0 Å². The molecule has 0 aliphatic heterocycles. The lowest BCUT2D eigenvalue weighted by Crippen LogP contribution is -2.37. The van der Waals surface area contributed by atoms with Crippen molar-refractivity contribution in [2.24, 2.45) is 0 Å². The van der Waals surface area contributed by atoms with Gasteiger partial charge in [0.05, 0.1) is 33.1 Å². The number of nitrogens with zero attached hydrogens (tertiary/aromatic N) is 2. The van der Waals surface area contributed by atoms with E-state index in [9.17, 15) is 36.0 Å². The van der Waals surface area contributed by atoms with Crippen LogP contribution < -0.4 is 30.8 Å². The van der Waals surface area contributed by atoms with Gasteiger partial charge in [0.1, 0.15) is 0 Å². The molecule has 1 aromatic carbocycles. The molecule has 0 saturated carbocycles. The van der Waals surface area contributed by atoms with E-state index in [4.69, 9.17) is 0 Å². The third kappa shape index (κ3) is 4.32. The van der Waals surface area contributed by atoms with Gasteiger partial charge in [-0.2, -0.15) is 16.8 Å². The Kier molecular flexibility index (Phi) is 6.29. The zero-order valence-corrected chi connectivity index (χ0v) is 18.8. The minimum atomic E-state index is -4.23. The highest BCUT2D eigenvalue weighted by molar-refractivity contribution is 7.87. The fraction of sp³-hybridized carbons (Fsp3) is 0.444. The molecule has 0 radical (unpaired) electrons. The Balaban J connectivity index is 2.15. The SMILES string of the molecule is CCCCS(=O)(=O)On1c(=O)c2cc3c(=O)n(OS(=O)(=O)CCCC)c(=O)c3cc2c1=O. The Hall–Kier alpha value is -3.00. The normalized spacial score (nSPS) is 12.6. The number of benzene rings is 1. The van der Waals surface area contributed by atoms with Crippen LogP contribution in [0.2, 0.25) is 0 Å². The molecular formula is C18H20N2O10S2. The summed E-state index contributed by atoms with van der Waals surface area (Å²) in [6.45, 7) is 3.49. The van der Waals surface area contributed by atoms with Crippen molar-refractivity contribution in [3.8, 4) is 0 Å². The maximum Gasteiger partial charge on any atom is 0.327 e. The van der Waals surface area contributed by atoms with Crippen molar-refractivity contribution in [2.45, 2.75) is 39.5 Å². The molecule has 0 atom stereocenters. The number of rotatable bonds is 10. The largest absolute Gasteiger partial charge is 0.327 e. The Morgan fingerprint density at radius 1 is 0.625 bits per heavy atom. The average Bonchev–Trinajstić information content (AvgIpc) is 3.09.